The Morgan fingerprint density at radius 1 is 0.676 bits per heavy atom. The summed E-state index contributed by atoms with van der Waals surface area (Å²) in [6, 6.07) is 17.4. The summed E-state index contributed by atoms with van der Waals surface area (Å²) >= 11 is 0. The molecule has 0 aliphatic carbocycles. The van der Waals surface area contributed by atoms with Crippen molar-refractivity contribution in [3.8, 4) is 0 Å². The Kier molecular flexibility index (Phi) is 7.68. The Bertz CT molecular complexity index is 1110. The minimum Gasteiger partial charge on any atom is -0.444 e. The van der Waals surface area contributed by atoms with E-state index in [-0.39, 0.29) is 24.6 Å². The average Bonchev–Trinajstić information content (AvgIpc) is 2.82. The molecule has 0 saturated heterocycles. The molecule has 2 amide bonds. The third-order valence-corrected chi connectivity index (χ3v) is 4.39. The number of non-ortho nitro benzene ring substituents is 2. The molecule has 0 atom stereocenters. The van der Waals surface area contributed by atoms with Crippen molar-refractivity contribution in [2.75, 3.05) is 10.6 Å². The molecule has 0 aliphatic heterocycles. The molecule has 0 saturated carbocycles. The molecule has 174 valence electrons. The van der Waals surface area contributed by atoms with Gasteiger partial charge in [-0.2, -0.15) is 0 Å². The maximum absolute atomic E-state index is 12.0. The number of nitrogens with one attached hydrogen (secondary N) is 2. The third kappa shape index (κ3) is 7.02. The largest absolute Gasteiger partial charge is 0.444 e. The van der Waals surface area contributed by atoms with Crippen molar-refractivity contribution in [2.45, 2.75) is 13.2 Å². The second kappa shape index (κ2) is 11.0. The molecule has 3 rings (SSSR count). The van der Waals surface area contributed by atoms with Crippen molar-refractivity contribution in [1.29, 1.82) is 0 Å². The molecule has 0 spiro atoms. The highest BCUT2D eigenvalue weighted by Crippen LogP contribution is 2.17. The summed E-state index contributed by atoms with van der Waals surface area (Å²) < 4.78 is 10.2. The van der Waals surface area contributed by atoms with Crippen LogP contribution in [0, 0.1) is 20.2 Å². The summed E-state index contributed by atoms with van der Waals surface area (Å²) in [7, 11) is 0. The number of nitrogens with zero attached hydrogens (tertiary/aromatic N) is 2. The van der Waals surface area contributed by atoms with Crippen molar-refractivity contribution < 1.29 is 28.9 Å². The van der Waals surface area contributed by atoms with Crippen molar-refractivity contribution in [1.82, 2.24) is 0 Å². The third-order valence-electron chi connectivity index (χ3n) is 4.39. The van der Waals surface area contributed by atoms with Gasteiger partial charge in [0.1, 0.15) is 13.2 Å². The first-order chi connectivity index (χ1) is 16.3. The number of benzene rings is 3. The number of amides is 2. The molecule has 0 heterocycles. The number of anilines is 2. The van der Waals surface area contributed by atoms with Crippen LogP contribution in [0.1, 0.15) is 11.1 Å². The summed E-state index contributed by atoms with van der Waals surface area (Å²) in [5, 5.41) is 26.4. The first kappa shape index (κ1) is 23.7. The van der Waals surface area contributed by atoms with Crippen molar-refractivity contribution >= 4 is 34.9 Å². The predicted molar refractivity (Wildman–Crippen MR) is 120 cm³/mol. The van der Waals surface area contributed by atoms with Gasteiger partial charge in [0.25, 0.3) is 11.4 Å². The first-order valence-electron chi connectivity index (χ1n) is 9.74. The lowest BCUT2D eigenvalue weighted by Crippen LogP contribution is -2.15. The molecule has 2 N–H and O–H groups in total. The first-order valence-corrected chi connectivity index (χ1v) is 9.74. The van der Waals surface area contributed by atoms with E-state index in [1.165, 1.54) is 54.6 Å². The van der Waals surface area contributed by atoms with Gasteiger partial charge in [-0.1, -0.05) is 6.07 Å². The van der Waals surface area contributed by atoms with Gasteiger partial charge in [0.2, 0.25) is 0 Å². The molecule has 0 aromatic heterocycles. The molecule has 12 heteroatoms. The lowest BCUT2D eigenvalue weighted by atomic mass is 10.2. The van der Waals surface area contributed by atoms with E-state index in [0.29, 0.717) is 22.5 Å². The molecule has 3 aromatic rings. The van der Waals surface area contributed by atoms with E-state index in [2.05, 4.69) is 10.6 Å². The monoisotopic (exact) mass is 466 g/mol. The van der Waals surface area contributed by atoms with Gasteiger partial charge in [-0.3, -0.25) is 30.9 Å². The number of hydrogen-bond acceptors (Lipinski definition) is 8. The van der Waals surface area contributed by atoms with Crippen LogP contribution in [0.2, 0.25) is 0 Å². The Balaban J connectivity index is 1.46. The Labute approximate surface area is 192 Å². The average molecular weight is 466 g/mol. The van der Waals surface area contributed by atoms with Gasteiger partial charge in [-0.15, -0.1) is 0 Å². The SMILES string of the molecule is O=C(Nc1cccc(NC(=O)OCc2ccc([N+](=O)[O-])cc2)c1)OCc1ccc([N+](=O)[O-])cc1. The minimum atomic E-state index is -0.753. The molecule has 12 nitrogen and oxygen atoms in total. The molecular formula is C22H18N4O8. The van der Waals surface area contributed by atoms with E-state index in [9.17, 15) is 29.8 Å². The van der Waals surface area contributed by atoms with Crippen LogP contribution in [0.3, 0.4) is 0 Å². The molecule has 34 heavy (non-hydrogen) atoms. The van der Waals surface area contributed by atoms with Gasteiger partial charge in [0, 0.05) is 35.6 Å². The second-order valence-corrected chi connectivity index (χ2v) is 6.83. The van der Waals surface area contributed by atoms with Crippen LogP contribution in [0.15, 0.2) is 72.8 Å². The van der Waals surface area contributed by atoms with E-state index in [1.54, 1.807) is 18.2 Å². The number of ether oxygens (including phenoxy) is 2. The zero-order valence-corrected chi connectivity index (χ0v) is 17.5. The number of rotatable bonds is 8. The van der Waals surface area contributed by atoms with Gasteiger partial charge in [-0.25, -0.2) is 9.59 Å². The Morgan fingerprint density at radius 2 is 1.06 bits per heavy atom. The molecular weight excluding hydrogens is 448 g/mol. The normalized spacial score (nSPS) is 10.1. The summed E-state index contributed by atoms with van der Waals surface area (Å²) in [5.41, 5.74) is 1.72. The Hall–Kier alpha value is -5.00. The summed E-state index contributed by atoms with van der Waals surface area (Å²) in [6.07, 6.45) is -1.51. The highest BCUT2D eigenvalue weighted by Gasteiger charge is 2.10. The molecule has 0 aliphatic rings. The van der Waals surface area contributed by atoms with Crippen molar-refractivity contribution in [2.24, 2.45) is 0 Å². The molecule has 3 aromatic carbocycles. The zero-order chi connectivity index (χ0) is 24.5. The van der Waals surface area contributed by atoms with E-state index in [1.807, 2.05) is 0 Å². The predicted octanol–water partition coefficient (Wildman–Crippen LogP) is 5.00. The number of nitro benzene ring substituents is 2. The van der Waals surface area contributed by atoms with Crippen LogP contribution in [0.25, 0.3) is 0 Å². The van der Waals surface area contributed by atoms with Gasteiger partial charge in [-0.05, 0) is 53.6 Å². The number of carbonyl (C=O) groups excluding carboxylic acids is 2. The highest BCUT2D eigenvalue weighted by atomic mass is 16.6. The van der Waals surface area contributed by atoms with Gasteiger partial charge < -0.3 is 9.47 Å². The summed E-state index contributed by atoms with van der Waals surface area (Å²) in [6.45, 7) is -0.173. The van der Waals surface area contributed by atoms with Crippen LogP contribution in [0.5, 0.6) is 0 Å². The fourth-order valence-electron chi connectivity index (χ4n) is 2.71. The lowest BCUT2D eigenvalue weighted by molar-refractivity contribution is -0.385. The van der Waals surface area contributed by atoms with Gasteiger partial charge in [0.15, 0.2) is 0 Å². The molecule has 0 radical (unpaired) electrons. The fraction of sp³-hybridized carbons (Fsp3) is 0.0909. The number of nitro groups is 2. The quantitative estimate of drug-likeness (QED) is 0.346. The van der Waals surface area contributed by atoms with E-state index >= 15 is 0 Å². The molecule has 0 fully saturated rings. The van der Waals surface area contributed by atoms with Crippen LogP contribution in [0.4, 0.5) is 32.3 Å². The van der Waals surface area contributed by atoms with Crippen LogP contribution in [-0.4, -0.2) is 22.0 Å². The number of hydrogen-bond donors (Lipinski definition) is 2. The van der Waals surface area contributed by atoms with E-state index in [0.717, 1.165) is 0 Å². The smallest absolute Gasteiger partial charge is 0.411 e. The molecule has 0 bridgehead atoms. The minimum absolute atomic E-state index is 0.0659. The topological polar surface area (TPSA) is 163 Å². The van der Waals surface area contributed by atoms with Gasteiger partial charge >= 0.3 is 12.2 Å². The van der Waals surface area contributed by atoms with E-state index < -0.39 is 22.0 Å². The van der Waals surface area contributed by atoms with Crippen molar-refractivity contribution in [3.63, 3.8) is 0 Å². The maximum atomic E-state index is 12.0. The standard InChI is InChI=1S/C22H18N4O8/c27-21(33-13-15-4-8-19(9-5-15)25(29)30)23-17-2-1-3-18(12-17)24-22(28)34-14-16-6-10-20(11-7-16)26(31)32/h1-12H,13-14H2,(H,23,27)(H,24,28). The van der Waals surface area contributed by atoms with Crippen LogP contribution < -0.4 is 10.6 Å². The second-order valence-electron chi connectivity index (χ2n) is 6.83. The van der Waals surface area contributed by atoms with E-state index in [4.69, 9.17) is 9.47 Å². The fourth-order valence-corrected chi connectivity index (χ4v) is 2.71. The number of carbonyl (C=O) groups is 2. The molecule has 0 unspecified atom stereocenters. The lowest BCUT2D eigenvalue weighted by Gasteiger charge is -2.10. The van der Waals surface area contributed by atoms with Gasteiger partial charge in [0.05, 0.1) is 9.85 Å². The maximum Gasteiger partial charge on any atom is 0.411 e. The highest BCUT2D eigenvalue weighted by molar-refractivity contribution is 5.88. The zero-order valence-electron chi connectivity index (χ0n) is 17.5. The van der Waals surface area contributed by atoms with Crippen LogP contribution >= 0.6 is 0 Å². The Morgan fingerprint density at radius 3 is 1.41 bits per heavy atom. The summed E-state index contributed by atoms with van der Waals surface area (Å²) in [4.78, 5) is 44.3. The van der Waals surface area contributed by atoms with Crippen LogP contribution in [-0.2, 0) is 22.7 Å². The van der Waals surface area contributed by atoms with Crippen molar-refractivity contribution in [3.05, 3.63) is 104 Å². The summed E-state index contributed by atoms with van der Waals surface area (Å²) in [5.74, 6) is 0.